The van der Waals surface area contributed by atoms with Crippen LogP contribution in [0, 0.1) is 5.92 Å². The maximum absolute atomic E-state index is 12.4. The van der Waals surface area contributed by atoms with Crippen LogP contribution >= 0.6 is 0 Å². The van der Waals surface area contributed by atoms with Gasteiger partial charge in [0.2, 0.25) is 5.91 Å². The van der Waals surface area contributed by atoms with Gasteiger partial charge in [0.05, 0.1) is 19.1 Å². The number of likely N-dealkylation sites (tertiary alicyclic amines) is 2. The van der Waals surface area contributed by atoms with Crippen molar-refractivity contribution < 1.29 is 9.53 Å². The average Bonchev–Trinajstić information content (AvgIpc) is 3.07. The van der Waals surface area contributed by atoms with Crippen LogP contribution in [0.25, 0.3) is 0 Å². The number of methoxy groups -OCH3 is 1. The zero-order valence-electron chi connectivity index (χ0n) is 16.2. The van der Waals surface area contributed by atoms with Crippen LogP contribution in [0.2, 0.25) is 0 Å². The van der Waals surface area contributed by atoms with Crippen LogP contribution in [-0.2, 0) is 23.1 Å². The quantitative estimate of drug-likeness (QED) is 0.728. The van der Waals surface area contributed by atoms with Crippen molar-refractivity contribution in [3.8, 4) is 0 Å². The predicted octanol–water partition coefficient (Wildman–Crippen LogP) is 0.859. The Morgan fingerprint density at radius 1 is 1.31 bits per heavy atom. The Morgan fingerprint density at radius 2 is 2.12 bits per heavy atom. The summed E-state index contributed by atoms with van der Waals surface area (Å²) >= 11 is 0. The van der Waals surface area contributed by atoms with Crippen molar-refractivity contribution in [2.24, 2.45) is 13.0 Å². The molecule has 2 aliphatic rings. The summed E-state index contributed by atoms with van der Waals surface area (Å²) in [6.07, 6.45) is 8.37. The summed E-state index contributed by atoms with van der Waals surface area (Å²) in [6, 6.07) is 0.613. The van der Waals surface area contributed by atoms with Gasteiger partial charge in [-0.3, -0.25) is 14.6 Å². The molecule has 0 aliphatic carbocycles. The van der Waals surface area contributed by atoms with E-state index in [1.165, 1.54) is 12.8 Å². The van der Waals surface area contributed by atoms with Crippen molar-refractivity contribution in [2.75, 3.05) is 46.4 Å². The van der Waals surface area contributed by atoms with Gasteiger partial charge in [-0.05, 0) is 32.2 Å². The third-order valence-electron chi connectivity index (χ3n) is 5.79. The molecule has 0 aromatic carbocycles. The van der Waals surface area contributed by atoms with Gasteiger partial charge in [-0.25, -0.2) is 4.98 Å². The van der Waals surface area contributed by atoms with E-state index in [2.05, 4.69) is 31.7 Å². The first-order chi connectivity index (χ1) is 12.7. The first kappa shape index (κ1) is 19.3. The van der Waals surface area contributed by atoms with E-state index in [0.29, 0.717) is 19.2 Å². The molecular formula is C19H33N5O2. The summed E-state index contributed by atoms with van der Waals surface area (Å²) < 4.78 is 7.12. The van der Waals surface area contributed by atoms with Crippen molar-refractivity contribution >= 4 is 5.91 Å². The Morgan fingerprint density at radius 3 is 2.81 bits per heavy atom. The van der Waals surface area contributed by atoms with Crippen LogP contribution < -0.4 is 5.32 Å². The molecule has 7 heteroatoms. The number of ether oxygens (including phenoxy) is 1. The number of hydrogen-bond donors (Lipinski definition) is 1. The minimum atomic E-state index is 0.131. The molecule has 2 saturated heterocycles. The lowest BCUT2D eigenvalue weighted by Crippen LogP contribution is -2.50. The number of amides is 1. The molecule has 1 aromatic heterocycles. The second kappa shape index (κ2) is 9.48. The van der Waals surface area contributed by atoms with Crippen LogP contribution in [0.3, 0.4) is 0 Å². The van der Waals surface area contributed by atoms with Crippen molar-refractivity contribution in [1.82, 2.24) is 24.7 Å². The van der Waals surface area contributed by atoms with E-state index in [-0.39, 0.29) is 11.8 Å². The topological polar surface area (TPSA) is 62.6 Å². The maximum atomic E-state index is 12.4. The summed E-state index contributed by atoms with van der Waals surface area (Å²) in [4.78, 5) is 21.8. The van der Waals surface area contributed by atoms with E-state index < -0.39 is 0 Å². The average molecular weight is 364 g/mol. The van der Waals surface area contributed by atoms with E-state index in [0.717, 1.165) is 51.4 Å². The largest absolute Gasteiger partial charge is 0.383 e. The van der Waals surface area contributed by atoms with E-state index in [1.807, 2.05) is 12.4 Å². The highest BCUT2D eigenvalue weighted by molar-refractivity contribution is 5.78. The Kier molecular flexibility index (Phi) is 7.05. The van der Waals surface area contributed by atoms with Crippen molar-refractivity contribution in [1.29, 1.82) is 0 Å². The number of aromatic nitrogens is 2. The molecule has 1 atom stereocenters. The van der Waals surface area contributed by atoms with Gasteiger partial charge >= 0.3 is 0 Å². The Labute approximate surface area is 156 Å². The Balaban J connectivity index is 1.43. The smallest absolute Gasteiger partial charge is 0.224 e. The molecule has 0 spiro atoms. The molecule has 1 N–H and O–H groups in total. The van der Waals surface area contributed by atoms with Crippen molar-refractivity contribution in [3.63, 3.8) is 0 Å². The summed E-state index contributed by atoms with van der Waals surface area (Å²) in [5.74, 6) is 1.46. The molecule has 7 nitrogen and oxygen atoms in total. The third-order valence-corrected chi connectivity index (χ3v) is 5.79. The summed E-state index contributed by atoms with van der Waals surface area (Å²) in [7, 11) is 3.72. The number of imidazole rings is 1. The molecule has 2 aliphatic heterocycles. The molecular weight excluding hydrogens is 330 g/mol. The normalized spacial score (nSPS) is 23.2. The standard InChI is InChI=1S/C19H33N5O2/c1-22-12-7-20-18(22)15-23-10-5-17(6-11-23)24-9-3-4-16(14-24)19(25)21-8-13-26-2/h7,12,16-17H,3-6,8-11,13-15H2,1-2H3,(H,21,25)/t16-/m1/s1. The van der Waals surface area contributed by atoms with Gasteiger partial charge in [0.15, 0.2) is 0 Å². The zero-order valence-corrected chi connectivity index (χ0v) is 16.2. The van der Waals surface area contributed by atoms with Gasteiger partial charge in [0.25, 0.3) is 0 Å². The number of rotatable bonds is 7. The third kappa shape index (κ3) is 5.05. The van der Waals surface area contributed by atoms with Gasteiger partial charge in [0.1, 0.15) is 5.82 Å². The fourth-order valence-corrected chi connectivity index (χ4v) is 4.16. The molecule has 146 valence electrons. The number of nitrogens with zero attached hydrogens (tertiary/aromatic N) is 4. The SMILES string of the molecule is COCCNC(=O)[C@@H]1CCCN(C2CCN(Cc3nccn3C)CC2)C1. The van der Waals surface area contributed by atoms with E-state index in [4.69, 9.17) is 4.74 Å². The fraction of sp³-hybridized carbons (Fsp3) is 0.789. The van der Waals surface area contributed by atoms with E-state index in [1.54, 1.807) is 7.11 Å². The number of nitrogens with one attached hydrogen (secondary N) is 1. The Bertz CT molecular complexity index is 568. The summed E-state index contributed by atoms with van der Waals surface area (Å²) in [6.45, 7) is 6.38. The highest BCUT2D eigenvalue weighted by atomic mass is 16.5. The first-order valence-corrected chi connectivity index (χ1v) is 9.86. The van der Waals surface area contributed by atoms with Gasteiger partial charge in [-0.1, -0.05) is 0 Å². The second-order valence-corrected chi connectivity index (χ2v) is 7.58. The monoisotopic (exact) mass is 363 g/mol. The molecule has 26 heavy (non-hydrogen) atoms. The molecule has 0 unspecified atom stereocenters. The van der Waals surface area contributed by atoms with Gasteiger partial charge in [0, 0.05) is 58.8 Å². The first-order valence-electron chi connectivity index (χ1n) is 9.86. The summed E-state index contributed by atoms with van der Waals surface area (Å²) in [5, 5.41) is 3.01. The molecule has 3 rings (SSSR count). The van der Waals surface area contributed by atoms with Crippen molar-refractivity contribution in [3.05, 3.63) is 18.2 Å². The fourth-order valence-electron chi connectivity index (χ4n) is 4.16. The lowest BCUT2D eigenvalue weighted by molar-refractivity contribution is -0.127. The summed E-state index contributed by atoms with van der Waals surface area (Å²) in [5.41, 5.74) is 0. The maximum Gasteiger partial charge on any atom is 0.224 e. The number of carbonyl (C=O) groups excluding carboxylic acids is 1. The molecule has 1 aromatic rings. The van der Waals surface area contributed by atoms with Gasteiger partial charge < -0.3 is 14.6 Å². The molecule has 1 amide bonds. The zero-order chi connectivity index (χ0) is 18.4. The van der Waals surface area contributed by atoms with Crippen LogP contribution in [0.15, 0.2) is 12.4 Å². The highest BCUT2D eigenvalue weighted by Gasteiger charge is 2.31. The predicted molar refractivity (Wildman–Crippen MR) is 101 cm³/mol. The van der Waals surface area contributed by atoms with Crippen LogP contribution in [0.5, 0.6) is 0 Å². The molecule has 0 bridgehead atoms. The van der Waals surface area contributed by atoms with E-state index in [9.17, 15) is 4.79 Å². The minimum Gasteiger partial charge on any atom is -0.383 e. The molecule has 0 saturated carbocycles. The number of piperidine rings is 2. The number of aryl methyl sites for hydroxylation is 1. The molecule has 2 fully saturated rings. The minimum absolute atomic E-state index is 0.131. The number of carbonyl (C=O) groups is 1. The van der Waals surface area contributed by atoms with Crippen LogP contribution in [0.1, 0.15) is 31.5 Å². The second-order valence-electron chi connectivity index (χ2n) is 7.58. The number of hydrogen-bond acceptors (Lipinski definition) is 5. The van der Waals surface area contributed by atoms with Gasteiger partial charge in [-0.2, -0.15) is 0 Å². The lowest BCUT2D eigenvalue weighted by atomic mass is 9.93. The molecule has 3 heterocycles. The van der Waals surface area contributed by atoms with Crippen LogP contribution in [0.4, 0.5) is 0 Å². The van der Waals surface area contributed by atoms with E-state index >= 15 is 0 Å². The van der Waals surface area contributed by atoms with Crippen LogP contribution in [-0.4, -0.2) is 77.7 Å². The lowest BCUT2D eigenvalue weighted by Gasteiger charge is -2.42. The molecule has 0 radical (unpaired) electrons. The highest BCUT2D eigenvalue weighted by Crippen LogP contribution is 2.24. The van der Waals surface area contributed by atoms with Gasteiger partial charge in [-0.15, -0.1) is 0 Å². The Hall–Kier alpha value is -1.44. The van der Waals surface area contributed by atoms with Crippen molar-refractivity contribution in [2.45, 2.75) is 38.3 Å².